The summed E-state index contributed by atoms with van der Waals surface area (Å²) in [6.45, 7) is 6.11. The number of benzene rings is 1. The molecule has 1 heterocycles. The first-order valence-corrected chi connectivity index (χ1v) is 8.78. The number of rotatable bonds is 8. The quantitative estimate of drug-likeness (QED) is 0.784. The minimum atomic E-state index is -0.121. The van der Waals surface area contributed by atoms with Crippen molar-refractivity contribution in [3.8, 4) is 0 Å². The highest BCUT2D eigenvalue weighted by Gasteiger charge is 2.14. The molecule has 0 spiro atoms. The Labute approximate surface area is 154 Å². The van der Waals surface area contributed by atoms with Crippen molar-refractivity contribution in [2.75, 3.05) is 32.0 Å². The van der Waals surface area contributed by atoms with Crippen molar-refractivity contribution >= 4 is 17.5 Å². The van der Waals surface area contributed by atoms with E-state index in [2.05, 4.69) is 10.4 Å². The second kappa shape index (κ2) is 9.15. The fourth-order valence-electron chi connectivity index (χ4n) is 2.79. The van der Waals surface area contributed by atoms with Crippen molar-refractivity contribution in [1.29, 1.82) is 0 Å². The summed E-state index contributed by atoms with van der Waals surface area (Å²) in [5, 5.41) is 6.99. The standard InChI is InChI=1S/C19H27N5O2/c1-5-24(6-2)19(26)16-8-7-9-17(10-16)21-18(25)14-22(3)12-15-11-20-23(4)13-15/h7-11,13H,5-6,12,14H2,1-4H3,(H,21,25). The maximum atomic E-state index is 12.4. The molecule has 1 aromatic heterocycles. The van der Waals surface area contributed by atoms with E-state index < -0.39 is 0 Å². The van der Waals surface area contributed by atoms with Crippen LogP contribution in [0.3, 0.4) is 0 Å². The van der Waals surface area contributed by atoms with Gasteiger partial charge in [0.05, 0.1) is 12.7 Å². The number of amides is 2. The molecule has 0 fully saturated rings. The van der Waals surface area contributed by atoms with E-state index in [0.29, 0.717) is 30.9 Å². The van der Waals surface area contributed by atoms with Gasteiger partial charge in [-0.15, -0.1) is 0 Å². The summed E-state index contributed by atoms with van der Waals surface area (Å²) in [7, 11) is 3.75. The summed E-state index contributed by atoms with van der Waals surface area (Å²) in [5.41, 5.74) is 2.26. The molecule has 0 saturated heterocycles. The lowest BCUT2D eigenvalue weighted by Gasteiger charge is -2.19. The van der Waals surface area contributed by atoms with Gasteiger partial charge in [0.25, 0.3) is 5.91 Å². The van der Waals surface area contributed by atoms with Gasteiger partial charge >= 0.3 is 0 Å². The second-order valence-electron chi connectivity index (χ2n) is 6.30. The minimum absolute atomic E-state index is 0.0280. The summed E-state index contributed by atoms with van der Waals surface area (Å²) in [5.74, 6) is -0.149. The maximum Gasteiger partial charge on any atom is 0.253 e. The Bertz CT molecular complexity index is 752. The number of hydrogen-bond acceptors (Lipinski definition) is 4. The van der Waals surface area contributed by atoms with Gasteiger partial charge in [-0.3, -0.25) is 19.2 Å². The molecule has 2 amide bonds. The Hall–Kier alpha value is -2.67. The first-order chi connectivity index (χ1) is 12.4. The average molecular weight is 357 g/mol. The number of hydrogen-bond donors (Lipinski definition) is 1. The molecule has 140 valence electrons. The molecule has 7 heteroatoms. The van der Waals surface area contributed by atoms with Gasteiger partial charge in [0.2, 0.25) is 5.91 Å². The lowest BCUT2D eigenvalue weighted by molar-refractivity contribution is -0.117. The molecule has 0 saturated carbocycles. The van der Waals surface area contributed by atoms with Gasteiger partial charge < -0.3 is 10.2 Å². The van der Waals surface area contributed by atoms with Gasteiger partial charge in [-0.2, -0.15) is 5.10 Å². The molecule has 0 bridgehead atoms. The zero-order valence-corrected chi connectivity index (χ0v) is 15.9. The molecule has 7 nitrogen and oxygen atoms in total. The van der Waals surface area contributed by atoms with Crippen LogP contribution in [-0.2, 0) is 18.4 Å². The predicted molar refractivity (Wildman–Crippen MR) is 102 cm³/mol. The van der Waals surface area contributed by atoms with E-state index in [-0.39, 0.29) is 18.4 Å². The summed E-state index contributed by atoms with van der Waals surface area (Å²) in [6, 6.07) is 7.06. The zero-order chi connectivity index (χ0) is 19.1. The second-order valence-corrected chi connectivity index (χ2v) is 6.30. The van der Waals surface area contributed by atoms with Crippen LogP contribution in [0.15, 0.2) is 36.7 Å². The van der Waals surface area contributed by atoms with Gasteiger partial charge in [0.15, 0.2) is 0 Å². The summed E-state index contributed by atoms with van der Waals surface area (Å²) in [4.78, 5) is 28.4. The Morgan fingerprint density at radius 1 is 1.23 bits per heavy atom. The fraction of sp³-hybridized carbons (Fsp3) is 0.421. The van der Waals surface area contributed by atoms with E-state index >= 15 is 0 Å². The molecule has 0 atom stereocenters. The molecule has 0 aliphatic rings. The van der Waals surface area contributed by atoms with Gasteiger partial charge in [-0.1, -0.05) is 6.07 Å². The van der Waals surface area contributed by atoms with Crippen LogP contribution < -0.4 is 5.32 Å². The molecule has 0 aliphatic heterocycles. The van der Waals surface area contributed by atoms with Gasteiger partial charge in [-0.05, 0) is 39.1 Å². The Kier molecular flexibility index (Phi) is 6.91. The third kappa shape index (κ3) is 5.42. The molecule has 0 unspecified atom stereocenters. The monoisotopic (exact) mass is 357 g/mol. The number of carbonyl (C=O) groups excluding carboxylic acids is 2. The molecule has 0 radical (unpaired) electrons. The number of aryl methyl sites for hydroxylation is 1. The molecular formula is C19H27N5O2. The highest BCUT2D eigenvalue weighted by atomic mass is 16.2. The highest BCUT2D eigenvalue weighted by Crippen LogP contribution is 2.13. The minimum Gasteiger partial charge on any atom is -0.339 e. The molecule has 2 rings (SSSR count). The van der Waals surface area contributed by atoms with E-state index in [1.807, 2.05) is 39.0 Å². The number of likely N-dealkylation sites (N-methyl/N-ethyl adjacent to an activating group) is 1. The molecule has 26 heavy (non-hydrogen) atoms. The van der Waals surface area contributed by atoms with Crippen LogP contribution >= 0.6 is 0 Å². The van der Waals surface area contributed by atoms with Crippen LogP contribution in [0.1, 0.15) is 29.8 Å². The molecule has 1 aromatic carbocycles. The molecule has 2 aromatic rings. The Morgan fingerprint density at radius 3 is 2.58 bits per heavy atom. The van der Waals surface area contributed by atoms with E-state index in [4.69, 9.17) is 0 Å². The van der Waals surface area contributed by atoms with E-state index in [1.165, 1.54) is 0 Å². The SMILES string of the molecule is CCN(CC)C(=O)c1cccc(NC(=O)CN(C)Cc2cnn(C)c2)c1. The average Bonchev–Trinajstić information content (AvgIpc) is 3.00. The van der Waals surface area contributed by atoms with Crippen LogP contribution in [0.4, 0.5) is 5.69 Å². The van der Waals surface area contributed by atoms with Crippen molar-refractivity contribution in [1.82, 2.24) is 19.6 Å². The first-order valence-electron chi connectivity index (χ1n) is 8.78. The number of carbonyl (C=O) groups is 2. The summed E-state index contributed by atoms with van der Waals surface area (Å²) < 4.78 is 1.74. The van der Waals surface area contributed by atoms with Crippen molar-refractivity contribution < 1.29 is 9.59 Å². The fourth-order valence-corrected chi connectivity index (χ4v) is 2.79. The first kappa shape index (κ1) is 19.7. The molecule has 0 aliphatic carbocycles. The Balaban J connectivity index is 1.94. The number of anilines is 1. The van der Waals surface area contributed by atoms with E-state index in [9.17, 15) is 9.59 Å². The van der Waals surface area contributed by atoms with Crippen LogP contribution in [0.5, 0.6) is 0 Å². The highest BCUT2D eigenvalue weighted by molar-refractivity contribution is 5.97. The maximum absolute atomic E-state index is 12.4. The number of nitrogens with zero attached hydrogens (tertiary/aromatic N) is 4. The van der Waals surface area contributed by atoms with Crippen LogP contribution in [0.2, 0.25) is 0 Å². The third-order valence-electron chi connectivity index (χ3n) is 4.07. The normalized spacial score (nSPS) is 10.8. The zero-order valence-electron chi connectivity index (χ0n) is 15.9. The van der Waals surface area contributed by atoms with Crippen molar-refractivity contribution in [3.05, 3.63) is 47.8 Å². The van der Waals surface area contributed by atoms with Crippen molar-refractivity contribution in [3.63, 3.8) is 0 Å². The molecular weight excluding hydrogens is 330 g/mol. The third-order valence-corrected chi connectivity index (χ3v) is 4.07. The van der Waals surface area contributed by atoms with E-state index in [0.717, 1.165) is 5.56 Å². The number of nitrogens with one attached hydrogen (secondary N) is 1. The largest absolute Gasteiger partial charge is 0.339 e. The van der Waals surface area contributed by atoms with Gasteiger partial charge in [0, 0.05) is 49.7 Å². The predicted octanol–water partition coefficient (Wildman–Crippen LogP) is 1.97. The lowest BCUT2D eigenvalue weighted by atomic mass is 10.1. The van der Waals surface area contributed by atoms with Crippen molar-refractivity contribution in [2.24, 2.45) is 7.05 Å². The van der Waals surface area contributed by atoms with Crippen LogP contribution in [-0.4, -0.2) is 58.1 Å². The smallest absolute Gasteiger partial charge is 0.253 e. The van der Waals surface area contributed by atoms with Crippen LogP contribution in [0, 0.1) is 0 Å². The number of aromatic nitrogens is 2. The Morgan fingerprint density at radius 2 is 1.96 bits per heavy atom. The summed E-state index contributed by atoms with van der Waals surface area (Å²) in [6.07, 6.45) is 3.72. The van der Waals surface area contributed by atoms with Crippen molar-refractivity contribution in [2.45, 2.75) is 20.4 Å². The van der Waals surface area contributed by atoms with Gasteiger partial charge in [0.1, 0.15) is 0 Å². The van der Waals surface area contributed by atoms with Crippen LogP contribution in [0.25, 0.3) is 0 Å². The van der Waals surface area contributed by atoms with E-state index in [1.54, 1.807) is 40.0 Å². The topological polar surface area (TPSA) is 70.5 Å². The lowest BCUT2D eigenvalue weighted by Crippen LogP contribution is -2.31. The summed E-state index contributed by atoms with van der Waals surface area (Å²) >= 11 is 0. The van der Waals surface area contributed by atoms with Gasteiger partial charge in [-0.25, -0.2) is 0 Å². The molecule has 1 N–H and O–H groups in total.